The van der Waals surface area contributed by atoms with Gasteiger partial charge in [0, 0.05) is 0 Å². The molecule has 3 rings (SSSR count). The van der Waals surface area contributed by atoms with E-state index in [2.05, 4.69) is 16.3 Å². The lowest BCUT2D eigenvalue weighted by Gasteiger charge is -2.07. The number of aromatic nitrogens is 2. The van der Waals surface area contributed by atoms with E-state index in [0.717, 1.165) is 24.0 Å². The molecule has 1 heterocycles. The zero-order chi connectivity index (χ0) is 13.3. The molecule has 96 valence electrons. The van der Waals surface area contributed by atoms with E-state index in [4.69, 9.17) is 15.7 Å². The summed E-state index contributed by atoms with van der Waals surface area (Å²) in [5.41, 5.74) is 7.37. The van der Waals surface area contributed by atoms with Crippen molar-refractivity contribution in [2.24, 2.45) is 0 Å². The van der Waals surface area contributed by atoms with E-state index in [1.165, 1.54) is 11.3 Å². The van der Waals surface area contributed by atoms with Crippen LogP contribution >= 0.6 is 11.3 Å². The van der Waals surface area contributed by atoms with E-state index in [1.807, 2.05) is 24.3 Å². The van der Waals surface area contributed by atoms with Crippen LogP contribution in [0.5, 0.6) is 5.19 Å². The molecule has 0 saturated heterocycles. The maximum atomic E-state index is 9.13. The minimum absolute atomic E-state index is 0.229. The van der Waals surface area contributed by atoms with Crippen LogP contribution in [-0.2, 0) is 12.0 Å². The summed E-state index contributed by atoms with van der Waals surface area (Å²) in [6.07, 6.45) is 1.92. The molecule has 0 bridgehead atoms. The Morgan fingerprint density at radius 3 is 2.58 bits per heavy atom. The van der Waals surface area contributed by atoms with E-state index >= 15 is 0 Å². The van der Waals surface area contributed by atoms with Crippen LogP contribution in [0.2, 0.25) is 0 Å². The van der Waals surface area contributed by atoms with Crippen LogP contribution in [0.25, 0.3) is 0 Å². The van der Waals surface area contributed by atoms with Crippen LogP contribution in [0, 0.1) is 11.3 Å². The Balaban J connectivity index is 1.65. The predicted octanol–water partition coefficient (Wildman–Crippen LogP) is 2.25. The Kier molecular flexibility index (Phi) is 2.84. The fourth-order valence-electron chi connectivity index (χ4n) is 1.93. The Labute approximate surface area is 114 Å². The number of rotatable bonds is 4. The summed E-state index contributed by atoms with van der Waals surface area (Å²) in [7, 11) is 0. The van der Waals surface area contributed by atoms with Gasteiger partial charge in [0.1, 0.15) is 6.61 Å². The van der Waals surface area contributed by atoms with Gasteiger partial charge in [-0.2, -0.15) is 5.26 Å². The normalized spacial score (nSPS) is 15.7. The Hall–Kier alpha value is -2.13. The van der Waals surface area contributed by atoms with Crippen LogP contribution in [0.4, 0.5) is 5.13 Å². The standard InChI is InChI=1S/C13H12N4OS/c14-8-13(5-6-13)10-3-1-9(2-4-10)7-18-12-17-16-11(15)19-12/h1-4H,5-7H2,(H2,15,16). The van der Waals surface area contributed by atoms with Crippen molar-refractivity contribution < 1.29 is 4.74 Å². The van der Waals surface area contributed by atoms with Crippen molar-refractivity contribution in [3.8, 4) is 11.3 Å². The van der Waals surface area contributed by atoms with E-state index < -0.39 is 0 Å². The molecule has 1 saturated carbocycles. The molecule has 0 amide bonds. The second-order valence-corrected chi connectivity index (χ2v) is 5.56. The highest BCUT2D eigenvalue weighted by molar-refractivity contribution is 7.16. The first kappa shape index (κ1) is 11.9. The number of ether oxygens (including phenoxy) is 1. The van der Waals surface area contributed by atoms with Crippen molar-refractivity contribution in [2.75, 3.05) is 5.73 Å². The summed E-state index contributed by atoms with van der Waals surface area (Å²) < 4.78 is 5.48. The van der Waals surface area contributed by atoms with Gasteiger partial charge in [-0.15, -0.1) is 5.10 Å². The Morgan fingerprint density at radius 2 is 2.05 bits per heavy atom. The maximum Gasteiger partial charge on any atom is 0.296 e. The number of nitriles is 1. The average molecular weight is 272 g/mol. The highest BCUT2D eigenvalue weighted by atomic mass is 32.1. The summed E-state index contributed by atoms with van der Waals surface area (Å²) >= 11 is 1.22. The van der Waals surface area contributed by atoms with Crippen molar-refractivity contribution in [3.63, 3.8) is 0 Å². The van der Waals surface area contributed by atoms with Gasteiger partial charge in [0.25, 0.3) is 5.19 Å². The van der Waals surface area contributed by atoms with Crippen molar-refractivity contribution in [2.45, 2.75) is 24.9 Å². The fraction of sp³-hybridized carbons (Fsp3) is 0.308. The van der Waals surface area contributed by atoms with Gasteiger partial charge < -0.3 is 10.5 Å². The molecule has 6 heteroatoms. The van der Waals surface area contributed by atoms with Gasteiger partial charge in [0.15, 0.2) is 0 Å². The average Bonchev–Trinajstić information content (AvgIpc) is 3.14. The van der Waals surface area contributed by atoms with Crippen LogP contribution in [0.3, 0.4) is 0 Å². The molecule has 0 atom stereocenters. The third-order valence-electron chi connectivity index (χ3n) is 3.25. The van der Waals surface area contributed by atoms with Gasteiger partial charge in [0.05, 0.1) is 11.5 Å². The predicted molar refractivity (Wildman–Crippen MR) is 71.6 cm³/mol. The van der Waals surface area contributed by atoms with Crippen LogP contribution in [-0.4, -0.2) is 10.2 Å². The minimum atomic E-state index is -0.229. The molecule has 1 fully saturated rings. The number of hydrogen-bond acceptors (Lipinski definition) is 6. The summed E-state index contributed by atoms with van der Waals surface area (Å²) in [6.45, 7) is 0.425. The first-order valence-electron chi connectivity index (χ1n) is 5.94. The molecule has 19 heavy (non-hydrogen) atoms. The van der Waals surface area contributed by atoms with E-state index in [1.54, 1.807) is 0 Å². The molecule has 1 aliphatic rings. The molecule has 2 N–H and O–H groups in total. The highest BCUT2D eigenvalue weighted by Gasteiger charge is 2.44. The Morgan fingerprint density at radius 1 is 1.32 bits per heavy atom. The molecular formula is C13H12N4OS. The van der Waals surface area contributed by atoms with Gasteiger partial charge in [-0.3, -0.25) is 0 Å². The van der Waals surface area contributed by atoms with Crippen molar-refractivity contribution in [3.05, 3.63) is 35.4 Å². The molecule has 0 aliphatic heterocycles. The summed E-state index contributed by atoms with van der Waals surface area (Å²) in [4.78, 5) is 0. The molecule has 5 nitrogen and oxygen atoms in total. The quantitative estimate of drug-likeness (QED) is 0.922. The first-order chi connectivity index (χ1) is 9.22. The van der Waals surface area contributed by atoms with Gasteiger partial charge in [-0.05, 0) is 35.3 Å². The molecule has 1 aliphatic carbocycles. The third kappa shape index (κ3) is 2.37. The topological polar surface area (TPSA) is 84.8 Å². The van der Waals surface area contributed by atoms with Crippen LogP contribution in [0.15, 0.2) is 24.3 Å². The van der Waals surface area contributed by atoms with Crippen LogP contribution in [0.1, 0.15) is 24.0 Å². The first-order valence-corrected chi connectivity index (χ1v) is 6.76. The molecule has 2 aromatic rings. The van der Waals surface area contributed by atoms with E-state index in [9.17, 15) is 0 Å². The second-order valence-electron chi connectivity index (χ2n) is 4.59. The smallest absolute Gasteiger partial charge is 0.296 e. The molecular weight excluding hydrogens is 260 g/mol. The molecule has 1 aromatic heterocycles. The number of nitrogens with zero attached hydrogens (tertiary/aromatic N) is 3. The number of nitrogens with two attached hydrogens (primary N) is 1. The van der Waals surface area contributed by atoms with E-state index in [-0.39, 0.29) is 5.41 Å². The van der Waals surface area contributed by atoms with Gasteiger partial charge in [0.2, 0.25) is 5.13 Å². The third-order valence-corrected chi connectivity index (χ3v) is 3.92. The lowest BCUT2D eigenvalue weighted by Crippen LogP contribution is -2.03. The maximum absolute atomic E-state index is 9.13. The number of benzene rings is 1. The van der Waals surface area contributed by atoms with E-state index in [0.29, 0.717) is 16.9 Å². The van der Waals surface area contributed by atoms with Crippen LogP contribution < -0.4 is 10.5 Å². The largest absolute Gasteiger partial charge is 0.464 e. The summed E-state index contributed by atoms with van der Waals surface area (Å²) in [5, 5.41) is 17.5. The number of anilines is 1. The zero-order valence-corrected chi connectivity index (χ0v) is 11.0. The lowest BCUT2D eigenvalue weighted by molar-refractivity contribution is 0.302. The van der Waals surface area contributed by atoms with Gasteiger partial charge >= 0.3 is 0 Å². The van der Waals surface area contributed by atoms with Crippen molar-refractivity contribution in [1.82, 2.24) is 10.2 Å². The highest BCUT2D eigenvalue weighted by Crippen LogP contribution is 2.47. The summed E-state index contributed by atoms with van der Waals surface area (Å²) in [6, 6.07) is 10.4. The molecule has 0 spiro atoms. The van der Waals surface area contributed by atoms with Gasteiger partial charge in [-0.1, -0.05) is 29.4 Å². The Bertz CT molecular complexity index is 625. The minimum Gasteiger partial charge on any atom is -0.464 e. The number of hydrogen-bond donors (Lipinski definition) is 1. The number of nitrogen functional groups attached to an aromatic ring is 1. The molecule has 0 unspecified atom stereocenters. The molecule has 0 radical (unpaired) electrons. The SMILES string of the molecule is N#CC1(c2ccc(COc3nnc(N)s3)cc2)CC1. The van der Waals surface area contributed by atoms with Gasteiger partial charge in [-0.25, -0.2) is 0 Å². The zero-order valence-electron chi connectivity index (χ0n) is 10.2. The van der Waals surface area contributed by atoms with Crippen molar-refractivity contribution in [1.29, 1.82) is 5.26 Å². The second kappa shape index (κ2) is 4.52. The lowest BCUT2D eigenvalue weighted by atomic mass is 9.97. The van der Waals surface area contributed by atoms with Crippen molar-refractivity contribution >= 4 is 16.5 Å². The fourth-order valence-corrected chi connectivity index (χ4v) is 2.39. The molecule has 1 aromatic carbocycles. The summed E-state index contributed by atoms with van der Waals surface area (Å²) in [5.74, 6) is 0. The monoisotopic (exact) mass is 272 g/mol.